The molecule has 6 heteroatoms. The van der Waals surface area contributed by atoms with Crippen LogP contribution in [0, 0.1) is 0 Å². The topological polar surface area (TPSA) is 68.0 Å². The molecule has 0 radical (unpaired) electrons. The summed E-state index contributed by atoms with van der Waals surface area (Å²) in [5.74, 6) is 0.498. The molecule has 0 aliphatic heterocycles. The first-order valence-corrected chi connectivity index (χ1v) is 9.51. The number of carbonyl (C=O) groups is 1. The lowest BCUT2D eigenvalue weighted by Gasteiger charge is -2.16. The first kappa shape index (κ1) is 18.1. The maximum absolute atomic E-state index is 12.9. The maximum Gasteiger partial charge on any atom is 0.253 e. The Bertz CT molecular complexity index is 1080. The second-order valence-corrected chi connectivity index (χ2v) is 6.96. The van der Waals surface area contributed by atoms with Gasteiger partial charge in [-0.25, -0.2) is 0 Å². The Morgan fingerprint density at radius 3 is 2.21 bits per heavy atom. The lowest BCUT2D eigenvalue weighted by atomic mass is 10.1. The van der Waals surface area contributed by atoms with Crippen molar-refractivity contribution >= 4 is 21.8 Å². The summed E-state index contributed by atoms with van der Waals surface area (Å²) in [5.41, 5.74) is 2.21. The van der Waals surface area contributed by atoms with Gasteiger partial charge in [0.15, 0.2) is 0 Å². The second-order valence-electron chi connectivity index (χ2n) is 6.11. The monoisotopic (exact) mass is 433 g/mol. The molecule has 0 saturated heterocycles. The zero-order chi connectivity index (χ0) is 19.3. The number of hydrogen-bond acceptors (Lipinski definition) is 4. The van der Waals surface area contributed by atoms with Crippen LogP contribution in [0.5, 0.6) is 0 Å². The fourth-order valence-electron chi connectivity index (χ4n) is 2.84. The molecule has 0 aliphatic rings. The minimum Gasteiger partial charge on any atom is -0.418 e. The summed E-state index contributed by atoms with van der Waals surface area (Å²) in [4.78, 5) is 12.9. The summed E-state index contributed by atoms with van der Waals surface area (Å²) in [6.45, 7) is 0. The summed E-state index contributed by atoms with van der Waals surface area (Å²) in [7, 11) is 0. The van der Waals surface area contributed by atoms with Crippen molar-refractivity contribution in [1.29, 1.82) is 0 Å². The molecular formula is C22H16BrN3O2. The molecule has 1 heterocycles. The highest BCUT2D eigenvalue weighted by Gasteiger charge is 2.24. The third kappa shape index (κ3) is 3.87. The van der Waals surface area contributed by atoms with Gasteiger partial charge in [0, 0.05) is 10.0 Å². The van der Waals surface area contributed by atoms with E-state index in [0.717, 1.165) is 15.6 Å². The molecule has 1 atom stereocenters. The molecule has 0 aliphatic carbocycles. The molecule has 0 spiro atoms. The fourth-order valence-corrected chi connectivity index (χ4v) is 3.30. The van der Waals surface area contributed by atoms with E-state index >= 15 is 0 Å². The highest BCUT2D eigenvalue weighted by atomic mass is 79.9. The fraction of sp³-hybridized carbons (Fsp3) is 0.0455. The highest BCUT2D eigenvalue weighted by molar-refractivity contribution is 9.10. The standard InChI is InChI=1S/C22H16BrN3O2/c23-18-14-8-7-13-17(18)20(27)24-19(15-9-3-1-4-10-15)22-26-25-21(28-22)16-11-5-2-6-12-16/h1-14,19H,(H,24,27)/t19-/m0/s1. The molecule has 138 valence electrons. The highest BCUT2D eigenvalue weighted by Crippen LogP contribution is 2.26. The van der Waals surface area contributed by atoms with E-state index in [1.807, 2.05) is 78.9 Å². The van der Waals surface area contributed by atoms with Gasteiger partial charge in [-0.1, -0.05) is 60.7 Å². The average Bonchev–Trinajstić information content (AvgIpc) is 3.23. The van der Waals surface area contributed by atoms with Crippen LogP contribution in [0.2, 0.25) is 0 Å². The summed E-state index contributed by atoms with van der Waals surface area (Å²) in [5, 5.41) is 11.4. The molecule has 1 aromatic heterocycles. The predicted octanol–water partition coefficient (Wildman–Crippen LogP) is 5.02. The Kier molecular flexibility index (Phi) is 5.30. The normalized spacial score (nSPS) is 11.8. The predicted molar refractivity (Wildman–Crippen MR) is 110 cm³/mol. The van der Waals surface area contributed by atoms with Gasteiger partial charge >= 0.3 is 0 Å². The van der Waals surface area contributed by atoms with Crippen LogP contribution in [0.15, 0.2) is 93.8 Å². The van der Waals surface area contributed by atoms with Gasteiger partial charge in [-0.2, -0.15) is 0 Å². The molecular weight excluding hydrogens is 418 g/mol. The van der Waals surface area contributed by atoms with E-state index in [0.29, 0.717) is 17.3 Å². The third-order valence-electron chi connectivity index (χ3n) is 4.24. The first-order valence-electron chi connectivity index (χ1n) is 8.71. The number of hydrogen-bond donors (Lipinski definition) is 1. The van der Waals surface area contributed by atoms with Gasteiger partial charge in [0.2, 0.25) is 11.8 Å². The molecule has 0 unspecified atom stereocenters. The zero-order valence-electron chi connectivity index (χ0n) is 14.7. The van der Waals surface area contributed by atoms with Crippen molar-refractivity contribution in [3.8, 4) is 11.5 Å². The Balaban J connectivity index is 1.68. The van der Waals surface area contributed by atoms with E-state index in [1.54, 1.807) is 6.07 Å². The van der Waals surface area contributed by atoms with Gasteiger partial charge in [0.05, 0.1) is 5.56 Å². The van der Waals surface area contributed by atoms with Gasteiger partial charge in [-0.05, 0) is 45.8 Å². The van der Waals surface area contributed by atoms with Crippen molar-refractivity contribution in [2.45, 2.75) is 6.04 Å². The van der Waals surface area contributed by atoms with Crippen molar-refractivity contribution in [2.75, 3.05) is 0 Å². The largest absolute Gasteiger partial charge is 0.418 e. The minimum absolute atomic E-state index is 0.235. The molecule has 3 aromatic carbocycles. The van der Waals surface area contributed by atoms with Crippen LogP contribution in [0.4, 0.5) is 0 Å². The molecule has 0 saturated carbocycles. The summed E-state index contributed by atoms with van der Waals surface area (Å²) in [6.07, 6.45) is 0. The van der Waals surface area contributed by atoms with Crippen molar-refractivity contribution in [3.05, 3.63) is 106 Å². The molecule has 1 amide bonds. The van der Waals surface area contributed by atoms with Crippen LogP contribution in [0.3, 0.4) is 0 Å². The lowest BCUT2D eigenvalue weighted by Crippen LogP contribution is -2.29. The summed E-state index contributed by atoms with van der Waals surface area (Å²) < 4.78 is 6.62. The quantitative estimate of drug-likeness (QED) is 0.479. The molecule has 5 nitrogen and oxygen atoms in total. The van der Waals surface area contributed by atoms with Gasteiger partial charge in [0.1, 0.15) is 6.04 Å². The van der Waals surface area contributed by atoms with Gasteiger partial charge in [0.25, 0.3) is 5.91 Å². The number of nitrogens with zero attached hydrogens (tertiary/aromatic N) is 2. The number of nitrogens with one attached hydrogen (secondary N) is 1. The van der Waals surface area contributed by atoms with Crippen molar-refractivity contribution < 1.29 is 9.21 Å². The maximum atomic E-state index is 12.9. The first-order chi connectivity index (χ1) is 13.7. The van der Waals surface area contributed by atoms with Gasteiger partial charge in [-0.3, -0.25) is 4.79 Å². The van der Waals surface area contributed by atoms with Gasteiger partial charge in [-0.15, -0.1) is 10.2 Å². The van der Waals surface area contributed by atoms with E-state index in [4.69, 9.17) is 4.42 Å². The van der Waals surface area contributed by atoms with E-state index in [-0.39, 0.29) is 5.91 Å². The third-order valence-corrected chi connectivity index (χ3v) is 4.93. The van der Waals surface area contributed by atoms with Crippen LogP contribution in [0.25, 0.3) is 11.5 Å². The number of benzene rings is 3. The van der Waals surface area contributed by atoms with Crippen LogP contribution < -0.4 is 5.32 Å². The van der Waals surface area contributed by atoms with E-state index in [1.165, 1.54) is 0 Å². The van der Waals surface area contributed by atoms with Gasteiger partial charge < -0.3 is 9.73 Å². The van der Waals surface area contributed by atoms with E-state index < -0.39 is 6.04 Å². The lowest BCUT2D eigenvalue weighted by molar-refractivity contribution is 0.0937. The van der Waals surface area contributed by atoms with Crippen molar-refractivity contribution in [1.82, 2.24) is 15.5 Å². The van der Waals surface area contributed by atoms with Crippen LogP contribution in [-0.2, 0) is 0 Å². The smallest absolute Gasteiger partial charge is 0.253 e. The average molecular weight is 434 g/mol. The van der Waals surface area contributed by atoms with Crippen LogP contribution in [-0.4, -0.2) is 16.1 Å². The second kappa shape index (κ2) is 8.19. The number of halogens is 1. The van der Waals surface area contributed by atoms with Crippen LogP contribution >= 0.6 is 15.9 Å². The number of aromatic nitrogens is 2. The Hall–Kier alpha value is -3.25. The van der Waals surface area contributed by atoms with E-state index in [9.17, 15) is 4.79 Å². The Morgan fingerprint density at radius 2 is 1.50 bits per heavy atom. The molecule has 28 heavy (non-hydrogen) atoms. The van der Waals surface area contributed by atoms with Crippen LogP contribution in [0.1, 0.15) is 27.9 Å². The summed E-state index contributed by atoms with van der Waals surface area (Å²) in [6, 6.07) is 25.8. The molecule has 1 N–H and O–H groups in total. The number of rotatable bonds is 5. The molecule has 0 fully saturated rings. The molecule has 0 bridgehead atoms. The number of amides is 1. The zero-order valence-corrected chi connectivity index (χ0v) is 16.3. The summed E-state index contributed by atoms with van der Waals surface area (Å²) >= 11 is 3.42. The minimum atomic E-state index is -0.564. The number of carbonyl (C=O) groups excluding carboxylic acids is 1. The molecule has 4 rings (SSSR count). The Labute approximate surface area is 170 Å². The van der Waals surface area contributed by atoms with E-state index in [2.05, 4.69) is 31.4 Å². The van der Waals surface area contributed by atoms with Crippen molar-refractivity contribution in [3.63, 3.8) is 0 Å². The SMILES string of the molecule is O=C(N[C@@H](c1ccccc1)c1nnc(-c2ccccc2)o1)c1ccccc1Br. The Morgan fingerprint density at radius 1 is 0.857 bits per heavy atom. The van der Waals surface area contributed by atoms with Crippen molar-refractivity contribution in [2.24, 2.45) is 0 Å². The molecule has 4 aromatic rings.